The fourth-order valence-electron chi connectivity index (χ4n) is 2.70. The Morgan fingerprint density at radius 1 is 1.35 bits per heavy atom. The minimum Gasteiger partial charge on any atom is -0.337 e. The van der Waals surface area contributed by atoms with Crippen molar-refractivity contribution < 1.29 is 4.79 Å². The number of carbonyl (C=O) groups is 1. The summed E-state index contributed by atoms with van der Waals surface area (Å²) in [4.78, 5) is 16.3. The Morgan fingerprint density at radius 3 is 2.29 bits per heavy atom. The lowest BCUT2D eigenvalue weighted by molar-refractivity contribution is -0.161. The molecule has 1 amide bonds. The second kappa shape index (κ2) is 4.30. The van der Waals surface area contributed by atoms with Crippen LogP contribution in [0.25, 0.3) is 0 Å². The summed E-state index contributed by atoms with van der Waals surface area (Å²) in [6, 6.07) is 2.37. The molecule has 0 N–H and O–H groups in total. The van der Waals surface area contributed by atoms with Crippen LogP contribution in [0.1, 0.15) is 41.5 Å². The molecule has 0 aromatic heterocycles. The van der Waals surface area contributed by atoms with Gasteiger partial charge in [-0.25, -0.2) is 0 Å². The monoisotopic (exact) mass is 237 g/mol. The second-order valence-electron chi connectivity index (χ2n) is 6.14. The lowest BCUT2D eigenvalue weighted by Crippen LogP contribution is -2.72. The molecule has 1 rings (SSSR count). The summed E-state index contributed by atoms with van der Waals surface area (Å²) in [5, 5.41) is 8.93. The standard InChI is InChI=1S/C13H23N3O/c1-10(2)15-9-12(3,4)16(8-7-14)13(5,6)11(15)17/h10H,8-9H2,1-6H3. The number of hydrogen-bond donors (Lipinski definition) is 0. The van der Waals surface area contributed by atoms with E-state index in [1.807, 2.05) is 37.5 Å². The highest BCUT2D eigenvalue weighted by molar-refractivity contribution is 5.87. The third-order valence-electron chi connectivity index (χ3n) is 3.60. The maximum atomic E-state index is 12.4. The van der Waals surface area contributed by atoms with E-state index < -0.39 is 5.54 Å². The highest BCUT2D eigenvalue weighted by Gasteiger charge is 2.50. The summed E-state index contributed by atoms with van der Waals surface area (Å²) in [5.74, 6) is 0.113. The predicted octanol–water partition coefficient (Wildman–Crippen LogP) is 1.62. The minimum absolute atomic E-state index is 0.113. The van der Waals surface area contributed by atoms with Gasteiger partial charge in [-0.1, -0.05) is 0 Å². The van der Waals surface area contributed by atoms with Crippen LogP contribution in [-0.4, -0.2) is 45.9 Å². The molecule has 0 bridgehead atoms. The third-order valence-corrected chi connectivity index (χ3v) is 3.60. The van der Waals surface area contributed by atoms with Crippen LogP contribution < -0.4 is 0 Å². The summed E-state index contributed by atoms with van der Waals surface area (Å²) < 4.78 is 0. The van der Waals surface area contributed by atoms with Crippen LogP contribution >= 0.6 is 0 Å². The Kier molecular flexibility index (Phi) is 3.54. The van der Waals surface area contributed by atoms with Crippen molar-refractivity contribution in [1.29, 1.82) is 5.26 Å². The molecule has 0 saturated carbocycles. The van der Waals surface area contributed by atoms with Crippen LogP contribution in [0.2, 0.25) is 0 Å². The van der Waals surface area contributed by atoms with E-state index in [1.165, 1.54) is 0 Å². The van der Waals surface area contributed by atoms with E-state index in [1.54, 1.807) is 0 Å². The fourth-order valence-corrected chi connectivity index (χ4v) is 2.70. The van der Waals surface area contributed by atoms with Gasteiger partial charge in [-0.3, -0.25) is 9.69 Å². The molecule has 0 radical (unpaired) electrons. The Hall–Kier alpha value is -1.08. The van der Waals surface area contributed by atoms with Gasteiger partial charge in [0.2, 0.25) is 5.91 Å². The van der Waals surface area contributed by atoms with E-state index in [2.05, 4.69) is 19.9 Å². The smallest absolute Gasteiger partial charge is 0.242 e. The van der Waals surface area contributed by atoms with Crippen LogP contribution in [0.3, 0.4) is 0 Å². The second-order valence-corrected chi connectivity index (χ2v) is 6.14. The molecule has 1 aliphatic rings. The fraction of sp³-hybridized carbons (Fsp3) is 0.846. The predicted molar refractivity (Wildman–Crippen MR) is 67.3 cm³/mol. The molecule has 4 heteroatoms. The normalized spacial score (nSPS) is 23.9. The van der Waals surface area contributed by atoms with E-state index in [9.17, 15) is 4.79 Å². The van der Waals surface area contributed by atoms with E-state index in [0.717, 1.165) is 0 Å². The maximum Gasteiger partial charge on any atom is 0.242 e. The average Bonchev–Trinajstić information content (AvgIpc) is 2.19. The highest BCUT2D eigenvalue weighted by Crippen LogP contribution is 2.33. The summed E-state index contributed by atoms with van der Waals surface area (Å²) in [6.45, 7) is 13.0. The SMILES string of the molecule is CC(C)N1CC(C)(C)N(CC#N)C(C)(C)C1=O. The summed E-state index contributed by atoms with van der Waals surface area (Å²) in [5.41, 5.74) is -0.779. The first-order valence-electron chi connectivity index (χ1n) is 6.10. The molecular weight excluding hydrogens is 214 g/mol. The van der Waals surface area contributed by atoms with E-state index in [0.29, 0.717) is 6.54 Å². The molecule has 1 saturated heterocycles. The van der Waals surface area contributed by atoms with Gasteiger partial charge in [0, 0.05) is 18.1 Å². The average molecular weight is 237 g/mol. The zero-order valence-electron chi connectivity index (χ0n) is 11.7. The molecule has 96 valence electrons. The lowest BCUT2D eigenvalue weighted by Gasteiger charge is -2.55. The molecule has 0 unspecified atom stereocenters. The van der Waals surface area contributed by atoms with Crippen molar-refractivity contribution in [2.75, 3.05) is 13.1 Å². The molecule has 1 fully saturated rings. The Bertz CT molecular complexity index is 352. The van der Waals surface area contributed by atoms with Gasteiger partial charge in [0.25, 0.3) is 0 Å². The molecule has 0 aromatic rings. The highest BCUT2D eigenvalue weighted by atomic mass is 16.2. The Morgan fingerprint density at radius 2 is 1.88 bits per heavy atom. The van der Waals surface area contributed by atoms with Gasteiger partial charge in [0.1, 0.15) is 0 Å². The maximum absolute atomic E-state index is 12.4. The van der Waals surface area contributed by atoms with Gasteiger partial charge >= 0.3 is 0 Å². The molecule has 17 heavy (non-hydrogen) atoms. The van der Waals surface area contributed by atoms with Crippen molar-refractivity contribution >= 4 is 5.91 Å². The van der Waals surface area contributed by atoms with E-state index >= 15 is 0 Å². The van der Waals surface area contributed by atoms with Crippen LogP contribution in [-0.2, 0) is 4.79 Å². The van der Waals surface area contributed by atoms with Gasteiger partial charge in [-0.05, 0) is 41.5 Å². The van der Waals surface area contributed by atoms with E-state index in [4.69, 9.17) is 5.26 Å². The number of piperazine rings is 1. The summed E-state index contributed by atoms with van der Waals surface area (Å²) >= 11 is 0. The first-order chi connectivity index (χ1) is 7.64. The molecule has 0 aromatic carbocycles. The summed E-state index contributed by atoms with van der Waals surface area (Å²) in [6.07, 6.45) is 0. The lowest BCUT2D eigenvalue weighted by atomic mass is 9.86. The third kappa shape index (κ3) is 2.30. The van der Waals surface area contributed by atoms with Crippen LogP contribution in [0.4, 0.5) is 0 Å². The number of nitrogens with zero attached hydrogens (tertiary/aromatic N) is 3. The first-order valence-corrected chi connectivity index (χ1v) is 6.10. The van der Waals surface area contributed by atoms with Gasteiger partial charge in [-0.2, -0.15) is 5.26 Å². The van der Waals surface area contributed by atoms with Gasteiger partial charge in [-0.15, -0.1) is 0 Å². The van der Waals surface area contributed by atoms with Gasteiger partial charge in [0.15, 0.2) is 0 Å². The van der Waals surface area contributed by atoms with Gasteiger partial charge < -0.3 is 4.90 Å². The van der Waals surface area contributed by atoms with Crippen molar-refractivity contribution in [2.45, 2.75) is 58.7 Å². The zero-order chi connectivity index (χ0) is 13.4. The molecule has 0 atom stereocenters. The van der Waals surface area contributed by atoms with Gasteiger partial charge in [0.05, 0.1) is 18.2 Å². The van der Waals surface area contributed by atoms with E-state index in [-0.39, 0.29) is 24.0 Å². The number of amides is 1. The molecule has 0 aliphatic carbocycles. The zero-order valence-corrected chi connectivity index (χ0v) is 11.7. The summed E-state index contributed by atoms with van der Waals surface area (Å²) in [7, 11) is 0. The largest absolute Gasteiger partial charge is 0.337 e. The Labute approximate surface area is 104 Å². The van der Waals surface area contributed by atoms with Crippen LogP contribution in [0.5, 0.6) is 0 Å². The molecule has 0 spiro atoms. The first kappa shape index (κ1) is 14.0. The topological polar surface area (TPSA) is 47.3 Å². The van der Waals surface area contributed by atoms with Crippen LogP contribution in [0.15, 0.2) is 0 Å². The van der Waals surface area contributed by atoms with Crippen molar-refractivity contribution in [3.8, 4) is 6.07 Å². The van der Waals surface area contributed by atoms with Crippen molar-refractivity contribution in [1.82, 2.24) is 9.80 Å². The molecular formula is C13H23N3O. The number of carbonyl (C=O) groups excluding carboxylic acids is 1. The van der Waals surface area contributed by atoms with Crippen molar-refractivity contribution in [3.63, 3.8) is 0 Å². The number of hydrogen-bond acceptors (Lipinski definition) is 3. The quantitative estimate of drug-likeness (QED) is 0.686. The molecule has 1 heterocycles. The number of rotatable bonds is 2. The minimum atomic E-state index is -0.609. The number of nitriles is 1. The van der Waals surface area contributed by atoms with Crippen molar-refractivity contribution in [3.05, 3.63) is 0 Å². The van der Waals surface area contributed by atoms with Crippen molar-refractivity contribution in [2.24, 2.45) is 0 Å². The van der Waals surface area contributed by atoms with Crippen LogP contribution in [0, 0.1) is 11.3 Å². The molecule has 1 aliphatic heterocycles. The molecule has 4 nitrogen and oxygen atoms in total. The Balaban J connectivity index is 3.14.